The zero-order valence-corrected chi connectivity index (χ0v) is 18.6. The maximum Gasteiger partial charge on any atom is 0.164 e. The molecule has 3 rings (SSSR count). The van der Waals surface area contributed by atoms with Gasteiger partial charge in [0.1, 0.15) is 30.2 Å². The lowest BCUT2D eigenvalue weighted by atomic mass is 10.0. The van der Waals surface area contributed by atoms with Crippen molar-refractivity contribution in [2.24, 2.45) is 0 Å². The predicted octanol–water partition coefficient (Wildman–Crippen LogP) is 1.14. The highest BCUT2D eigenvalue weighted by Crippen LogP contribution is 2.36. The minimum Gasteiger partial charge on any atom is -0.493 e. The molecule has 7 N–H and O–H groups in total. The molecule has 13 heteroatoms. The number of ether oxygens (including phenoxy) is 2. The molecule has 186 valence electrons. The summed E-state index contributed by atoms with van der Waals surface area (Å²) >= 11 is 6.07. The molecule has 10 nitrogen and oxygen atoms in total. The van der Waals surface area contributed by atoms with E-state index in [0.29, 0.717) is 22.4 Å². The molecule has 1 aromatic heterocycles. The molecule has 0 spiro atoms. The van der Waals surface area contributed by atoms with Gasteiger partial charge >= 0.3 is 0 Å². The number of benzene rings is 2. The summed E-state index contributed by atoms with van der Waals surface area (Å²) in [5.41, 5.74) is 0.770. The summed E-state index contributed by atoms with van der Waals surface area (Å²) in [5.74, 6) is 0.0323. The van der Waals surface area contributed by atoms with Crippen molar-refractivity contribution in [2.45, 2.75) is 24.5 Å². The van der Waals surface area contributed by atoms with Crippen LogP contribution in [0.15, 0.2) is 36.7 Å². The molecule has 0 radical (unpaired) electrons. The Kier molecular flexibility index (Phi) is 9.67. The molecule has 34 heavy (non-hydrogen) atoms. The minimum atomic E-state index is -2.13. The number of aliphatic hydroxyl groups excluding tert-OH is 4. The highest BCUT2D eigenvalue weighted by molar-refractivity contribution is 6.33. The van der Waals surface area contributed by atoms with E-state index >= 15 is 0 Å². The lowest BCUT2D eigenvalue weighted by molar-refractivity contribution is -0.0981. The number of halogens is 3. The van der Waals surface area contributed by atoms with Gasteiger partial charge in [0.15, 0.2) is 23.8 Å². The maximum atomic E-state index is 13.6. The Morgan fingerprint density at radius 1 is 1.06 bits per heavy atom. The molecule has 0 aliphatic rings. The number of hydrogen-bond donors (Lipinski definition) is 5. The van der Waals surface area contributed by atoms with Gasteiger partial charge in [0.25, 0.3) is 0 Å². The Bertz CT molecular complexity index is 1110. The van der Waals surface area contributed by atoms with Crippen LogP contribution in [0.3, 0.4) is 0 Å². The Hall–Kier alpha value is -2.87. The number of fused-ring (bicyclic) bond motifs is 1. The molecule has 0 saturated heterocycles. The van der Waals surface area contributed by atoms with Crippen molar-refractivity contribution >= 4 is 34.0 Å². The van der Waals surface area contributed by atoms with E-state index in [1.165, 1.54) is 37.7 Å². The van der Waals surface area contributed by atoms with Crippen LogP contribution in [0.5, 0.6) is 11.5 Å². The molecular weight excluding hydrogens is 480 g/mol. The third-order valence-corrected chi connectivity index (χ3v) is 5.15. The molecular formula is C21H24ClF2N3O7. The third-order valence-electron chi connectivity index (χ3n) is 4.84. The van der Waals surface area contributed by atoms with Crippen LogP contribution in [-0.4, -0.2) is 80.7 Å². The molecule has 0 amide bonds. The van der Waals surface area contributed by atoms with Gasteiger partial charge in [-0.3, -0.25) is 0 Å². The zero-order chi connectivity index (χ0) is 24.1. The highest BCUT2D eigenvalue weighted by Gasteiger charge is 2.34. The van der Waals surface area contributed by atoms with E-state index in [2.05, 4.69) is 15.3 Å². The van der Waals surface area contributed by atoms with Gasteiger partial charge in [-0.25, -0.2) is 18.7 Å². The molecule has 4 atom stereocenters. The summed E-state index contributed by atoms with van der Waals surface area (Å²) < 4.78 is 37.8. The lowest BCUT2D eigenvalue weighted by Gasteiger charge is -2.28. The van der Waals surface area contributed by atoms with Gasteiger partial charge in [-0.1, -0.05) is 11.6 Å². The van der Waals surface area contributed by atoms with Crippen molar-refractivity contribution in [3.05, 3.63) is 47.5 Å². The Morgan fingerprint density at radius 2 is 1.79 bits per heavy atom. The average Bonchev–Trinajstić information content (AvgIpc) is 2.82. The van der Waals surface area contributed by atoms with Crippen LogP contribution in [0.2, 0.25) is 5.02 Å². The highest BCUT2D eigenvalue weighted by atomic mass is 35.5. The van der Waals surface area contributed by atoms with Crippen molar-refractivity contribution < 1.29 is 44.2 Å². The smallest absolute Gasteiger partial charge is 0.164 e. The number of methoxy groups -OCH3 is 1. The van der Waals surface area contributed by atoms with Crippen LogP contribution in [0.25, 0.3) is 10.9 Å². The van der Waals surface area contributed by atoms with Gasteiger partial charge in [0, 0.05) is 11.5 Å². The second kappa shape index (κ2) is 12.0. The number of rotatable bonds is 10. The van der Waals surface area contributed by atoms with Crippen molar-refractivity contribution in [3.63, 3.8) is 0 Å². The standard InChI is InChI=1S/C21H22ClF2N3O6.H2O/c1-32-16-5-11-15(6-17(16)33-18(8-29)20(31)19(30)13(24)7-28)25-9-26-21(11)27-14-3-2-10(23)4-12(14)22;/h2-6,9,13,18-20,28-31H,7-8H2,1H3,(H,25,26,27);1H2/t13-,18-,19+,20+;/m1./s1. The van der Waals surface area contributed by atoms with Gasteiger partial charge in [-0.05, 0) is 24.3 Å². The van der Waals surface area contributed by atoms with Gasteiger partial charge in [-0.2, -0.15) is 0 Å². The Morgan fingerprint density at radius 3 is 2.41 bits per heavy atom. The van der Waals surface area contributed by atoms with Crippen LogP contribution in [0.1, 0.15) is 0 Å². The van der Waals surface area contributed by atoms with Gasteiger partial charge in [0.05, 0.1) is 36.6 Å². The van der Waals surface area contributed by atoms with E-state index < -0.39 is 43.5 Å². The van der Waals surface area contributed by atoms with Crippen LogP contribution >= 0.6 is 11.6 Å². The largest absolute Gasteiger partial charge is 0.493 e. The second-order valence-corrected chi connectivity index (χ2v) is 7.42. The number of nitrogens with zero attached hydrogens (tertiary/aromatic N) is 2. The van der Waals surface area contributed by atoms with Crippen LogP contribution in [-0.2, 0) is 0 Å². The summed E-state index contributed by atoms with van der Waals surface area (Å²) in [4.78, 5) is 8.34. The number of aromatic nitrogens is 2. The molecule has 0 saturated carbocycles. The van der Waals surface area contributed by atoms with E-state index in [-0.39, 0.29) is 22.0 Å². The van der Waals surface area contributed by atoms with E-state index in [9.17, 15) is 24.1 Å². The summed E-state index contributed by atoms with van der Waals surface area (Å²) in [5, 5.41) is 42.0. The number of hydrogen-bond acceptors (Lipinski definition) is 9. The van der Waals surface area contributed by atoms with Crippen molar-refractivity contribution in [1.82, 2.24) is 9.97 Å². The Balaban J connectivity index is 0.00000408. The van der Waals surface area contributed by atoms with E-state index in [4.69, 9.17) is 26.2 Å². The molecule has 0 unspecified atom stereocenters. The fraction of sp³-hybridized carbons (Fsp3) is 0.333. The first-order valence-electron chi connectivity index (χ1n) is 9.72. The molecule has 0 bridgehead atoms. The molecule has 0 fully saturated rings. The summed E-state index contributed by atoms with van der Waals surface area (Å²) in [6.07, 6.45) is -6.14. The van der Waals surface area contributed by atoms with Crippen LogP contribution in [0.4, 0.5) is 20.3 Å². The predicted molar refractivity (Wildman–Crippen MR) is 120 cm³/mol. The second-order valence-electron chi connectivity index (χ2n) is 7.01. The minimum absolute atomic E-state index is 0. The summed E-state index contributed by atoms with van der Waals surface area (Å²) in [6.45, 7) is -1.78. The van der Waals surface area contributed by atoms with E-state index in [1.54, 1.807) is 0 Å². The van der Waals surface area contributed by atoms with E-state index in [0.717, 1.165) is 6.07 Å². The molecule has 0 aliphatic carbocycles. The van der Waals surface area contributed by atoms with Gasteiger partial charge < -0.3 is 40.7 Å². The number of anilines is 2. The quantitative estimate of drug-likeness (QED) is 0.272. The lowest BCUT2D eigenvalue weighted by Crippen LogP contribution is -2.48. The fourth-order valence-electron chi connectivity index (χ4n) is 3.05. The number of nitrogens with one attached hydrogen (secondary N) is 1. The van der Waals surface area contributed by atoms with Crippen molar-refractivity contribution in [1.29, 1.82) is 0 Å². The van der Waals surface area contributed by atoms with E-state index in [1.807, 2.05) is 0 Å². The Labute approximate surface area is 197 Å². The topological polar surface area (TPSA) is 169 Å². The van der Waals surface area contributed by atoms with Crippen molar-refractivity contribution in [2.75, 3.05) is 25.6 Å². The molecule has 1 heterocycles. The van der Waals surface area contributed by atoms with Crippen LogP contribution < -0.4 is 14.8 Å². The molecule has 0 aliphatic heterocycles. The normalized spacial score (nSPS) is 14.6. The fourth-order valence-corrected chi connectivity index (χ4v) is 3.27. The summed E-state index contributed by atoms with van der Waals surface area (Å²) in [6, 6.07) is 6.79. The summed E-state index contributed by atoms with van der Waals surface area (Å²) in [7, 11) is 1.35. The van der Waals surface area contributed by atoms with Gasteiger partial charge in [0.2, 0.25) is 0 Å². The van der Waals surface area contributed by atoms with Crippen molar-refractivity contribution in [3.8, 4) is 11.5 Å². The van der Waals surface area contributed by atoms with Gasteiger partial charge in [-0.15, -0.1) is 0 Å². The SMILES string of the molecule is COc1cc2c(Nc3ccc(F)cc3Cl)ncnc2cc1O[C@H](CO)[C@H](O)[C@@H](O)[C@H](F)CO.O. The first-order chi connectivity index (χ1) is 15.8. The number of aliphatic hydroxyl groups is 4. The monoisotopic (exact) mass is 503 g/mol. The molecule has 3 aromatic rings. The third kappa shape index (κ3) is 5.97. The maximum absolute atomic E-state index is 13.6. The number of alkyl halides is 1. The first kappa shape index (κ1) is 27.4. The zero-order valence-electron chi connectivity index (χ0n) is 17.8. The molecule has 2 aromatic carbocycles. The average molecular weight is 504 g/mol. The van der Waals surface area contributed by atoms with Crippen LogP contribution in [0, 0.1) is 5.82 Å². The first-order valence-corrected chi connectivity index (χ1v) is 10.1.